The average molecular weight is 449 g/mol. The molecule has 1 saturated carbocycles. The van der Waals surface area contributed by atoms with Crippen LogP contribution >= 0.6 is 38.5 Å². The second-order valence-electron chi connectivity index (χ2n) is 5.85. The molecule has 0 bridgehead atoms. The maximum absolute atomic E-state index is 12.7. The van der Waals surface area contributed by atoms with Crippen LogP contribution in [0.5, 0.6) is 0 Å². The van der Waals surface area contributed by atoms with Gasteiger partial charge in [-0.3, -0.25) is 4.79 Å². The fourth-order valence-electron chi connectivity index (χ4n) is 3.51. The SMILES string of the molecule is NC1CCCC2CN(C(=O)c3cc(Br)ccc3I)CC12. The van der Waals surface area contributed by atoms with Crippen molar-refractivity contribution in [1.29, 1.82) is 0 Å². The summed E-state index contributed by atoms with van der Waals surface area (Å²) in [6.07, 6.45) is 3.54. The summed E-state index contributed by atoms with van der Waals surface area (Å²) in [4.78, 5) is 14.7. The predicted molar refractivity (Wildman–Crippen MR) is 91.6 cm³/mol. The van der Waals surface area contributed by atoms with Gasteiger partial charge < -0.3 is 10.6 Å². The number of carbonyl (C=O) groups is 1. The molecule has 3 rings (SSSR count). The lowest BCUT2D eigenvalue weighted by molar-refractivity contribution is 0.0782. The predicted octanol–water partition coefficient (Wildman–Crippen LogP) is 3.25. The molecule has 1 saturated heterocycles. The molecule has 20 heavy (non-hydrogen) atoms. The van der Waals surface area contributed by atoms with Gasteiger partial charge in [0, 0.05) is 27.2 Å². The van der Waals surface area contributed by atoms with Gasteiger partial charge in [-0.1, -0.05) is 22.4 Å². The number of nitrogens with zero attached hydrogens (tertiary/aromatic N) is 1. The molecule has 108 valence electrons. The van der Waals surface area contributed by atoms with Gasteiger partial charge in [0.2, 0.25) is 0 Å². The van der Waals surface area contributed by atoms with E-state index in [0.29, 0.717) is 11.8 Å². The van der Waals surface area contributed by atoms with Crippen molar-refractivity contribution in [2.24, 2.45) is 17.6 Å². The van der Waals surface area contributed by atoms with Crippen LogP contribution in [0, 0.1) is 15.4 Å². The first-order valence-corrected chi connectivity index (χ1v) is 8.93. The van der Waals surface area contributed by atoms with Crippen LogP contribution in [0.2, 0.25) is 0 Å². The van der Waals surface area contributed by atoms with Gasteiger partial charge in [0.05, 0.1) is 5.56 Å². The molecule has 1 amide bonds. The molecule has 0 radical (unpaired) electrons. The molecule has 1 aromatic carbocycles. The summed E-state index contributed by atoms with van der Waals surface area (Å²) >= 11 is 5.68. The number of halogens is 2. The molecule has 1 aromatic rings. The van der Waals surface area contributed by atoms with Crippen molar-refractivity contribution in [3.63, 3.8) is 0 Å². The number of rotatable bonds is 1. The highest BCUT2D eigenvalue weighted by Crippen LogP contribution is 2.36. The van der Waals surface area contributed by atoms with E-state index in [2.05, 4.69) is 38.5 Å². The molecule has 1 aliphatic carbocycles. The summed E-state index contributed by atoms with van der Waals surface area (Å²) in [6, 6.07) is 6.14. The summed E-state index contributed by atoms with van der Waals surface area (Å²) in [5.74, 6) is 1.25. The largest absolute Gasteiger partial charge is 0.338 e. The molecule has 3 unspecified atom stereocenters. The van der Waals surface area contributed by atoms with E-state index < -0.39 is 0 Å². The molecule has 3 atom stereocenters. The Kier molecular flexibility index (Phi) is 4.38. The van der Waals surface area contributed by atoms with Crippen molar-refractivity contribution >= 4 is 44.4 Å². The van der Waals surface area contributed by atoms with Crippen molar-refractivity contribution in [2.75, 3.05) is 13.1 Å². The highest BCUT2D eigenvalue weighted by Gasteiger charge is 2.40. The molecule has 1 aliphatic heterocycles. The number of carbonyl (C=O) groups excluding carboxylic acids is 1. The van der Waals surface area contributed by atoms with Crippen LogP contribution in [0.15, 0.2) is 22.7 Å². The lowest BCUT2D eigenvalue weighted by Crippen LogP contribution is -2.38. The third kappa shape index (κ3) is 2.76. The van der Waals surface area contributed by atoms with E-state index in [1.165, 1.54) is 12.8 Å². The Morgan fingerprint density at radius 1 is 1.35 bits per heavy atom. The van der Waals surface area contributed by atoms with E-state index in [1.807, 2.05) is 23.1 Å². The minimum absolute atomic E-state index is 0.150. The molecule has 0 aromatic heterocycles. The zero-order valence-corrected chi connectivity index (χ0v) is 14.9. The molecule has 2 fully saturated rings. The first-order chi connectivity index (χ1) is 9.56. The quantitative estimate of drug-likeness (QED) is 0.670. The van der Waals surface area contributed by atoms with Gasteiger partial charge in [-0.05, 0) is 65.5 Å². The molecule has 5 heteroatoms. The highest BCUT2D eigenvalue weighted by atomic mass is 127. The maximum atomic E-state index is 12.7. The molecule has 2 aliphatic rings. The number of hydrogen-bond acceptors (Lipinski definition) is 2. The van der Waals surface area contributed by atoms with Crippen LogP contribution in [-0.2, 0) is 0 Å². The van der Waals surface area contributed by atoms with Crippen molar-refractivity contribution in [3.8, 4) is 0 Å². The topological polar surface area (TPSA) is 46.3 Å². The number of fused-ring (bicyclic) bond motifs is 1. The van der Waals surface area contributed by atoms with Gasteiger partial charge >= 0.3 is 0 Å². The van der Waals surface area contributed by atoms with Crippen LogP contribution in [0.3, 0.4) is 0 Å². The smallest absolute Gasteiger partial charge is 0.254 e. The van der Waals surface area contributed by atoms with Crippen LogP contribution in [0.25, 0.3) is 0 Å². The third-order valence-corrected chi connectivity index (χ3v) is 6.03. The average Bonchev–Trinajstić information content (AvgIpc) is 2.86. The second kappa shape index (κ2) is 5.93. The van der Waals surface area contributed by atoms with Gasteiger partial charge in [0.1, 0.15) is 0 Å². The summed E-state index contributed by atoms with van der Waals surface area (Å²) in [6.45, 7) is 1.70. The fourth-order valence-corrected chi connectivity index (χ4v) is 4.44. The second-order valence-corrected chi connectivity index (χ2v) is 7.93. The van der Waals surface area contributed by atoms with Crippen molar-refractivity contribution in [1.82, 2.24) is 4.90 Å². The molecule has 0 spiro atoms. The minimum atomic E-state index is 0.150. The summed E-state index contributed by atoms with van der Waals surface area (Å²) < 4.78 is 1.96. The van der Waals surface area contributed by atoms with Gasteiger partial charge in [-0.2, -0.15) is 0 Å². The normalized spacial score (nSPS) is 29.4. The Bertz CT molecular complexity index is 537. The lowest BCUT2D eigenvalue weighted by atomic mass is 9.78. The Labute approximate surface area is 141 Å². The van der Waals surface area contributed by atoms with E-state index >= 15 is 0 Å². The van der Waals surface area contributed by atoms with Crippen LogP contribution in [0.4, 0.5) is 0 Å². The van der Waals surface area contributed by atoms with E-state index in [1.54, 1.807) is 0 Å². The van der Waals surface area contributed by atoms with Gasteiger partial charge in [-0.15, -0.1) is 0 Å². The number of hydrogen-bond donors (Lipinski definition) is 1. The summed E-state index contributed by atoms with van der Waals surface area (Å²) in [5, 5.41) is 0. The minimum Gasteiger partial charge on any atom is -0.338 e. The van der Waals surface area contributed by atoms with E-state index in [0.717, 1.165) is 33.1 Å². The summed E-state index contributed by atoms with van der Waals surface area (Å²) in [7, 11) is 0. The molecule has 3 nitrogen and oxygen atoms in total. The Morgan fingerprint density at radius 2 is 2.15 bits per heavy atom. The van der Waals surface area contributed by atoms with Crippen LogP contribution < -0.4 is 5.73 Å². The zero-order valence-electron chi connectivity index (χ0n) is 11.2. The number of amides is 1. The van der Waals surface area contributed by atoms with Gasteiger partial charge in [-0.25, -0.2) is 0 Å². The van der Waals surface area contributed by atoms with Crippen molar-refractivity contribution < 1.29 is 4.79 Å². The fraction of sp³-hybridized carbons (Fsp3) is 0.533. The molecular weight excluding hydrogens is 431 g/mol. The van der Waals surface area contributed by atoms with Gasteiger partial charge in [0.15, 0.2) is 0 Å². The number of benzene rings is 1. The number of likely N-dealkylation sites (tertiary alicyclic amines) is 1. The Hall–Kier alpha value is -0.140. The van der Waals surface area contributed by atoms with E-state index in [-0.39, 0.29) is 11.9 Å². The Morgan fingerprint density at radius 3 is 2.90 bits per heavy atom. The van der Waals surface area contributed by atoms with Crippen molar-refractivity contribution in [3.05, 3.63) is 31.8 Å². The van der Waals surface area contributed by atoms with Crippen LogP contribution in [0.1, 0.15) is 29.6 Å². The Balaban J connectivity index is 1.80. The molecule has 2 N–H and O–H groups in total. The first-order valence-electron chi connectivity index (χ1n) is 7.06. The van der Waals surface area contributed by atoms with E-state index in [4.69, 9.17) is 5.73 Å². The molecule has 1 heterocycles. The maximum Gasteiger partial charge on any atom is 0.254 e. The zero-order chi connectivity index (χ0) is 14.3. The van der Waals surface area contributed by atoms with E-state index in [9.17, 15) is 4.79 Å². The summed E-state index contributed by atoms with van der Waals surface area (Å²) in [5.41, 5.74) is 7.03. The third-order valence-electron chi connectivity index (χ3n) is 4.60. The molecular formula is C15H18BrIN2O. The van der Waals surface area contributed by atoms with Gasteiger partial charge in [0.25, 0.3) is 5.91 Å². The first kappa shape index (κ1) is 14.8. The van der Waals surface area contributed by atoms with Crippen molar-refractivity contribution in [2.45, 2.75) is 25.3 Å². The number of nitrogens with two attached hydrogens (primary N) is 1. The monoisotopic (exact) mass is 448 g/mol. The lowest BCUT2D eigenvalue weighted by Gasteiger charge is -2.29. The highest BCUT2D eigenvalue weighted by molar-refractivity contribution is 14.1. The van der Waals surface area contributed by atoms with Crippen LogP contribution in [-0.4, -0.2) is 29.9 Å². The standard InChI is InChI=1S/C15H18BrIN2O/c16-10-4-5-13(17)11(6-10)15(20)19-7-9-2-1-3-14(18)12(9)8-19/h4-6,9,12,14H,1-3,7-8,18H2.